The number of fused-ring (bicyclic) bond motifs is 1. The molecule has 1 aromatic heterocycles. The van der Waals surface area contributed by atoms with Crippen LogP contribution in [-0.4, -0.2) is 16.5 Å². The Morgan fingerprint density at radius 1 is 1.41 bits per heavy atom. The number of nitrogens with one attached hydrogen (secondary N) is 2. The molecule has 88 valence electrons. The highest BCUT2D eigenvalue weighted by atomic mass is 35.5. The number of H-pyrrole nitrogens is 1. The molecule has 0 saturated heterocycles. The molecule has 3 rings (SSSR count). The molecule has 3 nitrogen and oxygen atoms in total. The first-order chi connectivity index (χ1) is 8.27. The predicted octanol–water partition coefficient (Wildman–Crippen LogP) is 2.44. The number of imidazole rings is 1. The van der Waals surface area contributed by atoms with Crippen LogP contribution >= 0.6 is 11.6 Å². The van der Waals surface area contributed by atoms with Gasteiger partial charge in [0.15, 0.2) is 0 Å². The monoisotopic (exact) mass is 251 g/mol. The highest BCUT2D eigenvalue weighted by Crippen LogP contribution is 2.30. The van der Waals surface area contributed by atoms with Crippen molar-refractivity contribution in [3.05, 3.63) is 52.3 Å². The molecule has 0 spiro atoms. The first kappa shape index (κ1) is 10.7. The molecule has 0 unspecified atom stereocenters. The normalized spacial score (nSPS) is 19.1. The van der Waals surface area contributed by atoms with E-state index in [9.17, 15) is 4.39 Å². The molecule has 2 N–H and O–H groups in total. The maximum atomic E-state index is 14.0. The number of benzene rings is 1. The third-order valence-corrected chi connectivity index (χ3v) is 3.33. The molecule has 1 aliphatic heterocycles. The topological polar surface area (TPSA) is 40.7 Å². The zero-order chi connectivity index (χ0) is 11.8. The van der Waals surface area contributed by atoms with Crippen molar-refractivity contribution in [2.75, 3.05) is 6.54 Å². The molecule has 0 radical (unpaired) electrons. The van der Waals surface area contributed by atoms with E-state index in [0.717, 1.165) is 24.4 Å². The zero-order valence-corrected chi connectivity index (χ0v) is 9.76. The molecule has 17 heavy (non-hydrogen) atoms. The number of aromatic nitrogens is 2. The first-order valence-electron chi connectivity index (χ1n) is 5.47. The Balaban J connectivity index is 2.10. The van der Waals surface area contributed by atoms with Crippen LogP contribution in [0.1, 0.15) is 23.0 Å². The number of nitrogens with zero attached hydrogens (tertiary/aromatic N) is 1. The highest BCUT2D eigenvalue weighted by Gasteiger charge is 2.26. The SMILES string of the molecule is Fc1c(Cl)cccc1[C@@H]1NCCc2[nH]cnc21. The van der Waals surface area contributed by atoms with Crippen LogP contribution < -0.4 is 5.32 Å². The van der Waals surface area contributed by atoms with Gasteiger partial charge in [0.05, 0.1) is 23.1 Å². The van der Waals surface area contributed by atoms with Crippen molar-refractivity contribution >= 4 is 11.6 Å². The van der Waals surface area contributed by atoms with Gasteiger partial charge in [0.2, 0.25) is 0 Å². The molecule has 2 heterocycles. The van der Waals surface area contributed by atoms with E-state index < -0.39 is 0 Å². The Hall–Kier alpha value is -1.39. The van der Waals surface area contributed by atoms with E-state index in [-0.39, 0.29) is 16.9 Å². The third kappa shape index (κ3) is 1.73. The van der Waals surface area contributed by atoms with Gasteiger partial charge in [0, 0.05) is 24.2 Å². The molecular formula is C12H11ClFN3. The van der Waals surface area contributed by atoms with Gasteiger partial charge in [-0.2, -0.15) is 0 Å². The summed E-state index contributed by atoms with van der Waals surface area (Å²) in [6, 6.07) is 4.82. The maximum absolute atomic E-state index is 14.0. The van der Waals surface area contributed by atoms with Crippen molar-refractivity contribution in [1.29, 1.82) is 0 Å². The average molecular weight is 252 g/mol. The number of halogens is 2. The second-order valence-corrected chi connectivity index (χ2v) is 4.45. The largest absolute Gasteiger partial charge is 0.348 e. The number of aromatic amines is 1. The van der Waals surface area contributed by atoms with Crippen LogP contribution in [0.5, 0.6) is 0 Å². The van der Waals surface area contributed by atoms with Gasteiger partial charge in [-0.3, -0.25) is 0 Å². The summed E-state index contributed by atoms with van der Waals surface area (Å²) < 4.78 is 14.0. The van der Waals surface area contributed by atoms with Crippen molar-refractivity contribution in [3.63, 3.8) is 0 Å². The lowest BCUT2D eigenvalue weighted by Crippen LogP contribution is -2.31. The van der Waals surface area contributed by atoms with Gasteiger partial charge in [-0.05, 0) is 6.07 Å². The quantitative estimate of drug-likeness (QED) is 0.817. The third-order valence-electron chi connectivity index (χ3n) is 3.04. The molecular weight excluding hydrogens is 241 g/mol. The van der Waals surface area contributed by atoms with Crippen LogP contribution in [-0.2, 0) is 6.42 Å². The minimum atomic E-state index is -0.373. The summed E-state index contributed by atoms with van der Waals surface area (Å²) in [6.45, 7) is 0.797. The van der Waals surface area contributed by atoms with Gasteiger partial charge in [-0.1, -0.05) is 23.7 Å². The summed E-state index contributed by atoms with van der Waals surface area (Å²) in [4.78, 5) is 7.34. The van der Waals surface area contributed by atoms with Gasteiger partial charge in [0.1, 0.15) is 5.82 Å². The molecule has 5 heteroatoms. The Morgan fingerprint density at radius 2 is 2.29 bits per heavy atom. The summed E-state index contributed by atoms with van der Waals surface area (Å²) in [5, 5.41) is 3.41. The smallest absolute Gasteiger partial charge is 0.146 e. The van der Waals surface area contributed by atoms with Crippen LogP contribution in [0, 0.1) is 5.82 Å². The fourth-order valence-corrected chi connectivity index (χ4v) is 2.40. The predicted molar refractivity (Wildman–Crippen MR) is 63.5 cm³/mol. The highest BCUT2D eigenvalue weighted by molar-refractivity contribution is 6.30. The second-order valence-electron chi connectivity index (χ2n) is 4.05. The molecule has 0 saturated carbocycles. The van der Waals surface area contributed by atoms with E-state index >= 15 is 0 Å². The molecule has 0 aliphatic carbocycles. The number of hydrogen-bond acceptors (Lipinski definition) is 2. The standard InChI is InChI=1S/C12H11ClFN3/c13-8-3-1-2-7(10(8)14)11-12-9(4-5-15-11)16-6-17-12/h1-3,6,11,15H,4-5H2,(H,16,17)/t11-/m0/s1. The van der Waals surface area contributed by atoms with Crippen LogP contribution in [0.3, 0.4) is 0 Å². The molecule has 1 atom stereocenters. The summed E-state index contributed by atoms with van der Waals surface area (Å²) >= 11 is 5.80. The lowest BCUT2D eigenvalue weighted by atomic mass is 9.97. The minimum Gasteiger partial charge on any atom is -0.348 e. The van der Waals surface area contributed by atoms with Gasteiger partial charge < -0.3 is 10.3 Å². The van der Waals surface area contributed by atoms with Gasteiger partial charge in [-0.15, -0.1) is 0 Å². The van der Waals surface area contributed by atoms with Crippen LogP contribution in [0.2, 0.25) is 5.02 Å². The van der Waals surface area contributed by atoms with E-state index in [1.807, 2.05) is 0 Å². The lowest BCUT2D eigenvalue weighted by Gasteiger charge is -2.23. The summed E-state index contributed by atoms with van der Waals surface area (Å²) in [5.41, 5.74) is 2.47. The van der Waals surface area contributed by atoms with E-state index in [2.05, 4.69) is 15.3 Å². The fraction of sp³-hybridized carbons (Fsp3) is 0.250. The van der Waals surface area contributed by atoms with E-state index in [1.54, 1.807) is 24.5 Å². The Kier molecular flexibility index (Phi) is 2.61. The fourth-order valence-electron chi connectivity index (χ4n) is 2.22. The van der Waals surface area contributed by atoms with Crippen molar-refractivity contribution < 1.29 is 4.39 Å². The number of rotatable bonds is 1. The minimum absolute atomic E-state index is 0.145. The molecule has 1 aromatic carbocycles. The molecule has 0 amide bonds. The summed E-state index contributed by atoms with van der Waals surface area (Å²) in [7, 11) is 0. The van der Waals surface area contributed by atoms with Crippen LogP contribution in [0.25, 0.3) is 0 Å². The Labute approximate surface area is 103 Å². The molecule has 2 aromatic rings. The Morgan fingerprint density at radius 3 is 3.18 bits per heavy atom. The number of hydrogen-bond donors (Lipinski definition) is 2. The van der Waals surface area contributed by atoms with E-state index in [0.29, 0.717) is 5.56 Å². The van der Waals surface area contributed by atoms with Gasteiger partial charge >= 0.3 is 0 Å². The summed E-state index contributed by atoms with van der Waals surface area (Å²) in [6.07, 6.45) is 2.53. The zero-order valence-electron chi connectivity index (χ0n) is 9.00. The van der Waals surface area contributed by atoms with Crippen molar-refractivity contribution in [1.82, 2.24) is 15.3 Å². The lowest BCUT2D eigenvalue weighted by molar-refractivity contribution is 0.519. The molecule has 1 aliphatic rings. The Bertz CT molecular complexity index is 552. The second kappa shape index (κ2) is 4.13. The molecule has 0 fully saturated rings. The maximum Gasteiger partial charge on any atom is 0.146 e. The van der Waals surface area contributed by atoms with Gasteiger partial charge in [0.25, 0.3) is 0 Å². The molecule has 0 bridgehead atoms. The van der Waals surface area contributed by atoms with Crippen LogP contribution in [0.15, 0.2) is 24.5 Å². The average Bonchev–Trinajstić information content (AvgIpc) is 2.81. The van der Waals surface area contributed by atoms with Gasteiger partial charge in [-0.25, -0.2) is 9.37 Å². The van der Waals surface area contributed by atoms with Crippen molar-refractivity contribution in [3.8, 4) is 0 Å². The van der Waals surface area contributed by atoms with E-state index in [1.165, 1.54) is 0 Å². The van der Waals surface area contributed by atoms with Crippen molar-refractivity contribution in [2.45, 2.75) is 12.5 Å². The summed E-state index contributed by atoms with van der Waals surface area (Å²) in [5.74, 6) is -0.373. The van der Waals surface area contributed by atoms with E-state index in [4.69, 9.17) is 11.6 Å². The first-order valence-corrected chi connectivity index (χ1v) is 5.84. The van der Waals surface area contributed by atoms with Crippen molar-refractivity contribution in [2.24, 2.45) is 0 Å². The van der Waals surface area contributed by atoms with Crippen LogP contribution in [0.4, 0.5) is 4.39 Å².